The van der Waals surface area contributed by atoms with Crippen LogP contribution < -0.4 is 0 Å². The Kier molecular flexibility index (Phi) is 4.37. The van der Waals surface area contributed by atoms with Crippen LogP contribution in [-0.4, -0.2) is 0 Å². The molecule has 0 N–H and O–H groups in total. The lowest BCUT2D eigenvalue weighted by molar-refractivity contribution is 0.794. The number of nitriles is 1. The van der Waals surface area contributed by atoms with Gasteiger partial charge >= 0.3 is 0 Å². The summed E-state index contributed by atoms with van der Waals surface area (Å²) in [5.74, 6) is 1.27. The van der Waals surface area contributed by atoms with Crippen LogP contribution in [-0.2, 0) is 6.42 Å². The van der Waals surface area contributed by atoms with Crippen LogP contribution >= 0.6 is 0 Å². The smallest absolute Gasteiger partial charge is 0.0991 e. The Bertz CT molecular complexity index is 358. The van der Waals surface area contributed by atoms with Crippen molar-refractivity contribution in [1.82, 2.24) is 0 Å². The van der Waals surface area contributed by atoms with Crippen LogP contribution in [0, 0.1) is 17.2 Å². The molecule has 0 aromatic heterocycles. The van der Waals surface area contributed by atoms with E-state index in [0.29, 0.717) is 0 Å². The van der Waals surface area contributed by atoms with Gasteiger partial charge in [0, 0.05) is 0 Å². The second-order valence-corrected chi connectivity index (χ2v) is 4.13. The standard InChI is InChI=1S/C14H18N/c1-4-5-6-12-7-13(10-15)9-14(8-12)11(2)3/h7-9H,4-6H2,1-3H3. The number of hydrogen-bond donors (Lipinski definition) is 0. The van der Waals surface area contributed by atoms with E-state index < -0.39 is 0 Å². The molecule has 0 saturated heterocycles. The van der Waals surface area contributed by atoms with Crippen LogP contribution in [0.15, 0.2) is 18.2 Å². The van der Waals surface area contributed by atoms with Crippen molar-refractivity contribution >= 4 is 0 Å². The number of aryl methyl sites for hydroxylation is 1. The number of nitrogens with zero attached hydrogens (tertiary/aromatic N) is 1. The molecule has 1 heteroatoms. The first-order chi connectivity index (χ1) is 7.17. The maximum atomic E-state index is 8.93. The summed E-state index contributed by atoms with van der Waals surface area (Å²) in [6, 6.07) is 8.39. The molecule has 79 valence electrons. The van der Waals surface area contributed by atoms with Crippen molar-refractivity contribution in [2.45, 2.75) is 40.0 Å². The highest BCUT2D eigenvalue weighted by atomic mass is 14.2. The molecule has 0 heterocycles. The highest BCUT2D eigenvalue weighted by molar-refractivity contribution is 5.42. The van der Waals surface area contributed by atoms with Gasteiger partial charge in [-0.1, -0.05) is 33.3 Å². The van der Waals surface area contributed by atoms with Crippen molar-refractivity contribution in [3.63, 3.8) is 0 Å². The van der Waals surface area contributed by atoms with E-state index in [4.69, 9.17) is 5.26 Å². The van der Waals surface area contributed by atoms with Crippen LogP contribution in [0.5, 0.6) is 0 Å². The minimum absolute atomic E-state index is 0.778. The molecule has 0 amide bonds. The van der Waals surface area contributed by atoms with E-state index in [-0.39, 0.29) is 0 Å². The Balaban J connectivity index is 2.96. The second-order valence-electron chi connectivity index (χ2n) is 4.13. The molecular formula is C14H18N. The van der Waals surface area contributed by atoms with Gasteiger partial charge in [0.25, 0.3) is 0 Å². The molecule has 1 nitrogen and oxygen atoms in total. The van der Waals surface area contributed by atoms with Crippen molar-refractivity contribution in [2.75, 3.05) is 0 Å². The number of hydrogen-bond acceptors (Lipinski definition) is 1. The summed E-state index contributed by atoms with van der Waals surface area (Å²) in [5, 5.41) is 8.93. The summed E-state index contributed by atoms with van der Waals surface area (Å²) in [4.78, 5) is 0. The third-order valence-corrected chi connectivity index (χ3v) is 2.52. The molecule has 1 radical (unpaired) electrons. The van der Waals surface area contributed by atoms with Crippen LogP contribution in [0.3, 0.4) is 0 Å². The molecule has 1 aromatic rings. The summed E-state index contributed by atoms with van der Waals surface area (Å²) in [6.45, 7) is 6.35. The first-order valence-corrected chi connectivity index (χ1v) is 5.52. The SMILES string of the molecule is CCCCc1cc(C#N)cc([C](C)C)c1. The van der Waals surface area contributed by atoms with Crippen molar-refractivity contribution in [1.29, 1.82) is 5.26 Å². The second kappa shape index (κ2) is 5.56. The Morgan fingerprint density at radius 3 is 2.53 bits per heavy atom. The van der Waals surface area contributed by atoms with E-state index in [1.54, 1.807) is 0 Å². The van der Waals surface area contributed by atoms with E-state index in [2.05, 4.69) is 32.9 Å². The van der Waals surface area contributed by atoms with Crippen molar-refractivity contribution in [3.8, 4) is 6.07 Å². The van der Waals surface area contributed by atoms with Crippen molar-refractivity contribution < 1.29 is 0 Å². The Morgan fingerprint density at radius 2 is 2.00 bits per heavy atom. The highest BCUT2D eigenvalue weighted by Gasteiger charge is 2.04. The predicted molar refractivity (Wildman–Crippen MR) is 63.5 cm³/mol. The van der Waals surface area contributed by atoms with Gasteiger partial charge in [0.05, 0.1) is 11.6 Å². The third kappa shape index (κ3) is 3.40. The lowest BCUT2D eigenvalue weighted by Gasteiger charge is -2.08. The molecule has 0 spiro atoms. The molecule has 1 rings (SSSR count). The topological polar surface area (TPSA) is 23.8 Å². The van der Waals surface area contributed by atoms with Crippen molar-refractivity contribution in [2.24, 2.45) is 0 Å². The van der Waals surface area contributed by atoms with E-state index in [1.165, 1.54) is 29.9 Å². The van der Waals surface area contributed by atoms with E-state index in [1.807, 2.05) is 12.1 Å². The molecule has 0 aliphatic carbocycles. The number of benzene rings is 1. The van der Waals surface area contributed by atoms with Gasteiger partial charge in [-0.25, -0.2) is 0 Å². The quantitative estimate of drug-likeness (QED) is 0.724. The fourth-order valence-corrected chi connectivity index (χ4v) is 1.57. The van der Waals surface area contributed by atoms with Gasteiger partial charge in [0.15, 0.2) is 0 Å². The monoisotopic (exact) mass is 200 g/mol. The molecule has 0 bridgehead atoms. The Hall–Kier alpha value is -1.29. The van der Waals surface area contributed by atoms with Gasteiger partial charge in [-0.2, -0.15) is 5.26 Å². The van der Waals surface area contributed by atoms with Gasteiger partial charge < -0.3 is 0 Å². The zero-order chi connectivity index (χ0) is 11.3. The van der Waals surface area contributed by atoms with Gasteiger partial charge in [0.1, 0.15) is 0 Å². The summed E-state index contributed by atoms with van der Waals surface area (Å²) >= 11 is 0. The van der Waals surface area contributed by atoms with Crippen LogP contribution in [0.4, 0.5) is 0 Å². The number of unbranched alkanes of at least 4 members (excludes halogenated alkanes) is 1. The Labute approximate surface area is 92.7 Å². The Morgan fingerprint density at radius 1 is 1.27 bits per heavy atom. The minimum atomic E-state index is 0.778. The normalized spacial score (nSPS) is 10.3. The summed E-state index contributed by atoms with van der Waals surface area (Å²) in [5.41, 5.74) is 3.26. The largest absolute Gasteiger partial charge is 0.192 e. The van der Waals surface area contributed by atoms with E-state index in [0.717, 1.165) is 12.0 Å². The summed E-state index contributed by atoms with van der Waals surface area (Å²) in [6.07, 6.45) is 3.46. The van der Waals surface area contributed by atoms with Crippen LogP contribution in [0.2, 0.25) is 0 Å². The van der Waals surface area contributed by atoms with E-state index >= 15 is 0 Å². The average molecular weight is 200 g/mol. The van der Waals surface area contributed by atoms with Crippen LogP contribution in [0.1, 0.15) is 50.3 Å². The third-order valence-electron chi connectivity index (χ3n) is 2.52. The first-order valence-electron chi connectivity index (χ1n) is 5.52. The fourth-order valence-electron chi connectivity index (χ4n) is 1.57. The maximum Gasteiger partial charge on any atom is 0.0991 e. The lowest BCUT2D eigenvalue weighted by Crippen LogP contribution is -1.94. The highest BCUT2D eigenvalue weighted by Crippen LogP contribution is 2.18. The molecule has 1 aromatic carbocycles. The molecular weight excluding hydrogens is 182 g/mol. The maximum absolute atomic E-state index is 8.93. The predicted octanol–water partition coefficient (Wildman–Crippen LogP) is 3.86. The average Bonchev–Trinajstić information content (AvgIpc) is 2.25. The fraction of sp³-hybridized carbons (Fsp3) is 0.429. The molecule has 0 unspecified atom stereocenters. The molecule has 0 aliphatic heterocycles. The van der Waals surface area contributed by atoms with Gasteiger partial charge in [-0.05, 0) is 42.0 Å². The van der Waals surface area contributed by atoms with Crippen LogP contribution in [0.25, 0.3) is 0 Å². The molecule has 15 heavy (non-hydrogen) atoms. The summed E-state index contributed by atoms with van der Waals surface area (Å²) < 4.78 is 0. The van der Waals surface area contributed by atoms with E-state index in [9.17, 15) is 0 Å². The molecule has 0 aliphatic rings. The zero-order valence-corrected chi connectivity index (χ0v) is 9.80. The molecule has 0 atom stereocenters. The lowest BCUT2D eigenvalue weighted by atomic mass is 9.96. The number of rotatable bonds is 4. The van der Waals surface area contributed by atoms with Gasteiger partial charge in [-0.3, -0.25) is 0 Å². The van der Waals surface area contributed by atoms with Gasteiger partial charge in [-0.15, -0.1) is 0 Å². The summed E-state index contributed by atoms with van der Waals surface area (Å²) in [7, 11) is 0. The first kappa shape index (κ1) is 11.8. The minimum Gasteiger partial charge on any atom is -0.192 e. The molecule has 0 saturated carbocycles. The van der Waals surface area contributed by atoms with Crippen molar-refractivity contribution in [3.05, 3.63) is 40.8 Å². The zero-order valence-electron chi connectivity index (χ0n) is 9.80. The van der Waals surface area contributed by atoms with Gasteiger partial charge in [0.2, 0.25) is 0 Å². The molecule has 0 fully saturated rings.